The first-order valence-corrected chi connectivity index (χ1v) is 5.15. The van der Waals surface area contributed by atoms with Gasteiger partial charge >= 0.3 is 6.16 Å². The molecule has 15 heavy (non-hydrogen) atoms. The van der Waals surface area contributed by atoms with Gasteiger partial charge in [0.05, 0.1) is 7.11 Å². The smallest absolute Gasteiger partial charge is 0.438 e. The molecule has 3 nitrogen and oxygen atoms in total. The van der Waals surface area contributed by atoms with Gasteiger partial charge in [-0.3, -0.25) is 0 Å². The molecule has 0 spiro atoms. The predicted molar refractivity (Wildman–Crippen MR) is 61.5 cm³/mol. The molecule has 0 radical (unpaired) electrons. The van der Waals surface area contributed by atoms with Crippen molar-refractivity contribution in [3.8, 4) is 0 Å². The maximum atomic E-state index is 10.6. The van der Waals surface area contributed by atoms with Crippen LogP contribution in [0.4, 0.5) is 4.79 Å². The summed E-state index contributed by atoms with van der Waals surface area (Å²) in [5.74, 6) is 0. The number of halogens is 1. The first-order chi connectivity index (χ1) is 7.24. The third kappa shape index (κ3) is 4.16. The second kappa shape index (κ2) is 6.24. The molecular weight excluding hydrogens is 260 g/mol. The van der Waals surface area contributed by atoms with Crippen molar-refractivity contribution in [2.45, 2.75) is 0 Å². The molecule has 0 aliphatic rings. The van der Waals surface area contributed by atoms with E-state index in [-0.39, 0.29) is 6.61 Å². The fourth-order valence-electron chi connectivity index (χ4n) is 0.960. The number of hydrogen-bond acceptors (Lipinski definition) is 3. The van der Waals surface area contributed by atoms with E-state index in [0.29, 0.717) is 0 Å². The van der Waals surface area contributed by atoms with Crippen LogP contribution in [0.15, 0.2) is 34.8 Å². The van der Waals surface area contributed by atoms with E-state index in [4.69, 9.17) is 0 Å². The summed E-state index contributed by atoms with van der Waals surface area (Å²) in [6.45, 7) is 0.202. The Morgan fingerprint density at radius 3 is 2.87 bits per heavy atom. The van der Waals surface area contributed by atoms with Crippen molar-refractivity contribution in [3.63, 3.8) is 0 Å². The summed E-state index contributed by atoms with van der Waals surface area (Å²) in [6.07, 6.45) is 2.94. The zero-order chi connectivity index (χ0) is 11.1. The standard InChI is InChI=1S/C11H11BrO3/c1-14-11(13)15-8-4-6-9-5-2-3-7-10(9)12/h2-7H,8H2,1H3/b6-4+. The highest BCUT2D eigenvalue weighted by Gasteiger charge is 1.96. The Hall–Kier alpha value is -1.29. The maximum absolute atomic E-state index is 10.6. The van der Waals surface area contributed by atoms with Gasteiger partial charge < -0.3 is 9.47 Å². The van der Waals surface area contributed by atoms with Crippen LogP contribution in [0.2, 0.25) is 0 Å². The van der Waals surface area contributed by atoms with E-state index in [2.05, 4.69) is 25.4 Å². The van der Waals surface area contributed by atoms with Crippen molar-refractivity contribution in [3.05, 3.63) is 40.4 Å². The van der Waals surface area contributed by atoms with Gasteiger partial charge in [0.15, 0.2) is 0 Å². The molecule has 0 saturated carbocycles. The van der Waals surface area contributed by atoms with Crippen LogP contribution in [0.3, 0.4) is 0 Å². The SMILES string of the molecule is COC(=O)OC/C=C/c1ccccc1Br. The van der Waals surface area contributed by atoms with Gasteiger partial charge in [-0.2, -0.15) is 0 Å². The highest BCUT2D eigenvalue weighted by molar-refractivity contribution is 9.10. The van der Waals surface area contributed by atoms with Crippen molar-refractivity contribution >= 4 is 28.2 Å². The zero-order valence-electron chi connectivity index (χ0n) is 8.27. The van der Waals surface area contributed by atoms with E-state index in [1.54, 1.807) is 6.08 Å². The largest absolute Gasteiger partial charge is 0.508 e. The van der Waals surface area contributed by atoms with E-state index >= 15 is 0 Å². The molecule has 0 heterocycles. The molecule has 0 aliphatic heterocycles. The highest BCUT2D eigenvalue weighted by atomic mass is 79.9. The molecule has 0 saturated heterocycles. The molecular formula is C11H11BrO3. The number of ether oxygens (including phenoxy) is 2. The summed E-state index contributed by atoms with van der Waals surface area (Å²) in [7, 11) is 1.28. The number of carbonyl (C=O) groups is 1. The van der Waals surface area contributed by atoms with Crippen LogP contribution in [0.5, 0.6) is 0 Å². The molecule has 80 valence electrons. The Morgan fingerprint density at radius 2 is 2.20 bits per heavy atom. The van der Waals surface area contributed by atoms with Crippen LogP contribution in [0.25, 0.3) is 6.08 Å². The molecule has 0 unspecified atom stereocenters. The summed E-state index contributed by atoms with van der Waals surface area (Å²) in [6, 6.07) is 7.78. The van der Waals surface area contributed by atoms with Crippen molar-refractivity contribution in [1.29, 1.82) is 0 Å². The Balaban J connectivity index is 2.45. The lowest BCUT2D eigenvalue weighted by atomic mass is 10.2. The average molecular weight is 271 g/mol. The molecule has 0 amide bonds. The molecule has 1 rings (SSSR count). The van der Waals surface area contributed by atoms with Gasteiger partial charge in [-0.1, -0.05) is 40.2 Å². The second-order valence-electron chi connectivity index (χ2n) is 2.69. The van der Waals surface area contributed by atoms with Gasteiger partial charge in [-0.05, 0) is 17.7 Å². The van der Waals surface area contributed by atoms with E-state index in [9.17, 15) is 4.79 Å². The van der Waals surface area contributed by atoms with E-state index in [1.807, 2.05) is 30.3 Å². The monoisotopic (exact) mass is 270 g/mol. The lowest BCUT2D eigenvalue weighted by Gasteiger charge is -1.99. The normalized spacial score (nSPS) is 10.3. The molecule has 0 N–H and O–H groups in total. The summed E-state index contributed by atoms with van der Waals surface area (Å²) < 4.78 is 10.0. The van der Waals surface area contributed by atoms with Crippen LogP contribution in [0, 0.1) is 0 Å². The van der Waals surface area contributed by atoms with Crippen LogP contribution in [-0.4, -0.2) is 19.9 Å². The first kappa shape index (κ1) is 11.8. The summed E-state index contributed by atoms with van der Waals surface area (Å²) in [5.41, 5.74) is 1.03. The average Bonchev–Trinajstić information content (AvgIpc) is 2.26. The van der Waals surface area contributed by atoms with Gasteiger partial charge in [0.25, 0.3) is 0 Å². The number of methoxy groups -OCH3 is 1. The third-order valence-corrected chi connectivity index (χ3v) is 2.39. The molecule has 0 aromatic heterocycles. The predicted octanol–water partition coefficient (Wildman–Crippen LogP) is 3.25. The second-order valence-corrected chi connectivity index (χ2v) is 3.54. The van der Waals surface area contributed by atoms with Crippen LogP contribution >= 0.6 is 15.9 Å². The number of hydrogen-bond donors (Lipinski definition) is 0. The fraction of sp³-hybridized carbons (Fsp3) is 0.182. The van der Waals surface area contributed by atoms with Gasteiger partial charge in [-0.25, -0.2) is 4.79 Å². The van der Waals surface area contributed by atoms with Crippen molar-refractivity contribution in [1.82, 2.24) is 0 Å². The van der Waals surface area contributed by atoms with Crippen molar-refractivity contribution < 1.29 is 14.3 Å². The van der Waals surface area contributed by atoms with E-state index < -0.39 is 6.16 Å². The minimum atomic E-state index is -0.674. The van der Waals surface area contributed by atoms with E-state index in [0.717, 1.165) is 10.0 Å². The third-order valence-electron chi connectivity index (χ3n) is 1.67. The summed E-state index contributed by atoms with van der Waals surface area (Å²) >= 11 is 3.41. The first-order valence-electron chi connectivity index (χ1n) is 4.36. The van der Waals surface area contributed by atoms with Crippen LogP contribution < -0.4 is 0 Å². The van der Waals surface area contributed by atoms with Crippen LogP contribution in [-0.2, 0) is 9.47 Å². The maximum Gasteiger partial charge on any atom is 0.508 e. The van der Waals surface area contributed by atoms with Crippen molar-refractivity contribution in [2.75, 3.05) is 13.7 Å². The number of rotatable bonds is 3. The summed E-state index contributed by atoms with van der Waals surface area (Å²) in [5, 5.41) is 0. The van der Waals surface area contributed by atoms with Crippen molar-refractivity contribution in [2.24, 2.45) is 0 Å². The Labute approximate surface area is 96.8 Å². The topological polar surface area (TPSA) is 35.5 Å². The van der Waals surface area contributed by atoms with Gasteiger partial charge in [-0.15, -0.1) is 0 Å². The lowest BCUT2D eigenvalue weighted by Crippen LogP contribution is -2.03. The molecule has 0 bridgehead atoms. The molecule has 0 fully saturated rings. The lowest BCUT2D eigenvalue weighted by molar-refractivity contribution is 0.0819. The molecule has 0 aliphatic carbocycles. The Morgan fingerprint density at radius 1 is 1.47 bits per heavy atom. The highest BCUT2D eigenvalue weighted by Crippen LogP contribution is 2.16. The Kier molecular flexibility index (Phi) is 4.90. The minimum Gasteiger partial charge on any atom is -0.438 e. The summed E-state index contributed by atoms with van der Waals surface area (Å²) in [4.78, 5) is 10.6. The molecule has 1 aromatic rings. The fourth-order valence-corrected chi connectivity index (χ4v) is 1.38. The minimum absolute atomic E-state index is 0.202. The Bertz CT molecular complexity index is 361. The molecule has 4 heteroatoms. The quantitative estimate of drug-likeness (QED) is 0.791. The molecule has 1 aromatic carbocycles. The number of benzene rings is 1. The zero-order valence-corrected chi connectivity index (χ0v) is 9.86. The van der Waals surface area contributed by atoms with Gasteiger partial charge in [0.1, 0.15) is 6.61 Å². The molecule has 0 atom stereocenters. The van der Waals surface area contributed by atoms with E-state index in [1.165, 1.54) is 7.11 Å². The van der Waals surface area contributed by atoms with Crippen LogP contribution in [0.1, 0.15) is 5.56 Å². The van der Waals surface area contributed by atoms with Gasteiger partial charge in [0.2, 0.25) is 0 Å². The number of carbonyl (C=O) groups excluding carboxylic acids is 1. The van der Waals surface area contributed by atoms with Gasteiger partial charge in [0, 0.05) is 4.47 Å².